The molecule has 1 aliphatic rings. The van der Waals surface area contributed by atoms with Gasteiger partial charge in [-0.25, -0.2) is 0 Å². The number of piperidine rings is 1. The van der Waals surface area contributed by atoms with Gasteiger partial charge in [0.05, 0.1) is 5.56 Å². The second-order valence-electron chi connectivity index (χ2n) is 5.46. The van der Waals surface area contributed by atoms with Gasteiger partial charge in [0.1, 0.15) is 0 Å². The first kappa shape index (κ1) is 13.9. The summed E-state index contributed by atoms with van der Waals surface area (Å²) in [4.78, 5) is 16.6. The Morgan fingerprint density at radius 1 is 1.26 bits per heavy atom. The third-order valence-corrected chi connectivity index (χ3v) is 3.68. The number of para-hydroxylation sites is 1. The molecule has 0 saturated carbocycles. The molecular weight excluding hydrogens is 238 g/mol. The largest absolute Gasteiger partial charge is 0.377 e. The van der Waals surface area contributed by atoms with Gasteiger partial charge in [0, 0.05) is 25.8 Å². The number of benzene rings is 1. The predicted molar refractivity (Wildman–Crippen MR) is 78.8 cm³/mol. The number of nitrogens with zero attached hydrogens (tertiary/aromatic N) is 2. The Morgan fingerprint density at radius 2 is 1.89 bits per heavy atom. The van der Waals surface area contributed by atoms with E-state index in [0.29, 0.717) is 6.04 Å². The summed E-state index contributed by atoms with van der Waals surface area (Å²) in [6.45, 7) is 2.11. The van der Waals surface area contributed by atoms with E-state index in [1.54, 1.807) is 0 Å². The average molecular weight is 261 g/mol. The van der Waals surface area contributed by atoms with Gasteiger partial charge in [0.15, 0.2) is 0 Å². The zero-order valence-corrected chi connectivity index (χ0v) is 12.0. The molecule has 2 rings (SSSR count). The number of rotatable bonds is 3. The van der Waals surface area contributed by atoms with Crippen molar-refractivity contribution in [1.82, 2.24) is 10.2 Å². The van der Waals surface area contributed by atoms with Crippen LogP contribution in [-0.2, 0) is 0 Å². The molecule has 0 bridgehead atoms. The van der Waals surface area contributed by atoms with Gasteiger partial charge >= 0.3 is 0 Å². The van der Waals surface area contributed by atoms with Gasteiger partial charge in [-0.2, -0.15) is 0 Å². The fourth-order valence-electron chi connectivity index (χ4n) is 2.47. The molecule has 1 N–H and O–H groups in total. The van der Waals surface area contributed by atoms with Crippen LogP contribution in [0, 0.1) is 0 Å². The van der Waals surface area contributed by atoms with Crippen LogP contribution in [0.2, 0.25) is 0 Å². The molecule has 4 nitrogen and oxygen atoms in total. The van der Waals surface area contributed by atoms with Crippen molar-refractivity contribution in [3.8, 4) is 0 Å². The number of anilines is 1. The van der Waals surface area contributed by atoms with Crippen LogP contribution in [0.15, 0.2) is 24.3 Å². The van der Waals surface area contributed by atoms with Gasteiger partial charge in [0.2, 0.25) is 0 Å². The number of hydrogen-bond acceptors (Lipinski definition) is 3. The second-order valence-corrected chi connectivity index (χ2v) is 5.46. The minimum absolute atomic E-state index is 0.0406. The first-order chi connectivity index (χ1) is 9.08. The topological polar surface area (TPSA) is 35.6 Å². The van der Waals surface area contributed by atoms with Crippen LogP contribution in [-0.4, -0.2) is 51.1 Å². The Balaban J connectivity index is 2.04. The summed E-state index contributed by atoms with van der Waals surface area (Å²) in [5.41, 5.74) is 1.72. The highest BCUT2D eigenvalue weighted by Crippen LogP contribution is 2.18. The number of amides is 1. The number of hydrogen-bond donors (Lipinski definition) is 1. The molecule has 0 spiro atoms. The van der Waals surface area contributed by atoms with E-state index in [1.807, 2.05) is 43.3 Å². The molecule has 1 aromatic rings. The summed E-state index contributed by atoms with van der Waals surface area (Å²) in [6.07, 6.45) is 2.07. The van der Waals surface area contributed by atoms with Crippen LogP contribution >= 0.6 is 0 Å². The van der Waals surface area contributed by atoms with E-state index in [-0.39, 0.29) is 5.91 Å². The fraction of sp³-hybridized carbons (Fsp3) is 0.533. The first-order valence-electron chi connectivity index (χ1n) is 6.83. The molecule has 1 heterocycles. The lowest BCUT2D eigenvalue weighted by Gasteiger charge is -2.29. The molecule has 1 saturated heterocycles. The zero-order valence-electron chi connectivity index (χ0n) is 12.0. The summed E-state index contributed by atoms with van der Waals surface area (Å²) in [5.74, 6) is 0.0406. The number of carbonyl (C=O) groups excluding carboxylic acids is 1. The molecule has 0 radical (unpaired) electrons. The van der Waals surface area contributed by atoms with Gasteiger partial charge in [-0.15, -0.1) is 0 Å². The highest BCUT2D eigenvalue weighted by atomic mass is 16.1. The molecule has 0 aliphatic carbocycles. The van der Waals surface area contributed by atoms with E-state index < -0.39 is 0 Å². The lowest BCUT2D eigenvalue weighted by atomic mass is 10.0. The van der Waals surface area contributed by atoms with E-state index in [2.05, 4.69) is 17.3 Å². The monoisotopic (exact) mass is 261 g/mol. The van der Waals surface area contributed by atoms with E-state index in [1.165, 1.54) is 0 Å². The van der Waals surface area contributed by atoms with Crippen LogP contribution in [0.5, 0.6) is 0 Å². The van der Waals surface area contributed by atoms with Crippen molar-refractivity contribution < 1.29 is 4.79 Å². The molecule has 1 amide bonds. The Morgan fingerprint density at radius 3 is 2.53 bits per heavy atom. The maximum absolute atomic E-state index is 12.4. The van der Waals surface area contributed by atoms with Gasteiger partial charge in [-0.05, 0) is 45.1 Å². The second kappa shape index (κ2) is 6.06. The smallest absolute Gasteiger partial charge is 0.253 e. The lowest BCUT2D eigenvalue weighted by Crippen LogP contribution is -2.43. The number of likely N-dealkylation sites (tertiary alicyclic amines) is 1. The Hall–Kier alpha value is -1.55. The van der Waals surface area contributed by atoms with Crippen molar-refractivity contribution in [2.45, 2.75) is 18.9 Å². The molecule has 1 fully saturated rings. The van der Waals surface area contributed by atoms with Crippen molar-refractivity contribution in [2.24, 2.45) is 0 Å². The standard InChI is InChI=1S/C15H23N3O/c1-17(2)14-7-5-4-6-13(14)15(19)16-12-8-10-18(3)11-9-12/h4-7,12H,8-11H2,1-3H3,(H,16,19). The Bertz CT molecular complexity index is 437. The first-order valence-corrected chi connectivity index (χ1v) is 6.83. The third-order valence-electron chi connectivity index (χ3n) is 3.68. The Labute approximate surface area is 115 Å². The van der Waals surface area contributed by atoms with E-state index >= 15 is 0 Å². The van der Waals surface area contributed by atoms with E-state index in [9.17, 15) is 4.79 Å². The third kappa shape index (κ3) is 3.47. The zero-order chi connectivity index (χ0) is 13.8. The number of carbonyl (C=O) groups is 1. The SMILES string of the molecule is CN1CCC(NC(=O)c2ccccc2N(C)C)CC1. The summed E-state index contributed by atoms with van der Waals surface area (Å²) >= 11 is 0. The van der Waals surface area contributed by atoms with Crippen LogP contribution in [0.4, 0.5) is 5.69 Å². The van der Waals surface area contributed by atoms with Crippen molar-refractivity contribution in [3.63, 3.8) is 0 Å². The van der Waals surface area contributed by atoms with Crippen molar-refractivity contribution in [3.05, 3.63) is 29.8 Å². The quantitative estimate of drug-likeness (QED) is 0.897. The predicted octanol–water partition coefficient (Wildman–Crippen LogP) is 1.58. The molecule has 4 heteroatoms. The lowest BCUT2D eigenvalue weighted by molar-refractivity contribution is 0.0917. The van der Waals surface area contributed by atoms with Gasteiger partial charge in [-0.3, -0.25) is 4.79 Å². The minimum atomic E-state index is 0.0406. The minimum Gasteiger partial charge on any atom is -0.377 e. The number of nitrogens with one attached hydrogen (secondary N) is 1. The molecule has 1 aromatic carbocycles. The molecule has 0 unspecified atom stereocenters. The van der Waals surface area contributed by atoms with Gasteiger partial charge < -0.3 is 15.1 Å². The van der Waals surface area contributed by atoms with Crippen LogP contribution in [0.25, 0.3) is 0 Å². The molecule has 1 aliphatic heterocycles. The summed E-state index contributed by atoms with van der Waals surface area (Å²) in [7, 11) is 6.04. The van der Waals surface area contributed by atoms with Gasteiger partial charge in [0.25, 0.3) is 5.91 Å². The molecule has 104 valence electrons. The van der Waals surface area contributed by atoms with E-state index in [4.69, 9.17) is 0 Å². The molecular formula is C15H23N3O. The maximum Gasteiger partial charge on any atom is 0.253 e. The fourth-order valence-corrected chi connectivity index (χ4v) is 2.47. The summed E-state index contributed by atoms with van der Waals surface area (Å²) in [5, 5.41) is 3.16. The highest BCUT2D eigenvalue weighted by molar-refractivity contribution is 5.99. The summed E-state index contributed by atoms with van der Waals surface area (Å²) in [6, 6.07) is 8.04. The van der Waals surface area contributed by atoms with E-state index in [0.717, 1.165) is 37.2 Å². The molecule has 0 aromatic heterocycles. The van der Waals surface area contributed by atoms with Crippen LogP contribution in [0.3, 0.4) is 0 Å². The molecule has 19 heavy (non-hydrogen) atoms. The van der Waals surface area contributed by atoms with Crippen LogP contribution in [0.1, 0.15) is 23.2 Å². The van der Waals surface area contributed by atoms with Crippen LogP contribution < -0.4 is 10.2 Å². The van der Waals surface area contributed by atoms with Gasteiger partial charge in [-0.1, -0.05) is 12.1 Å². The summed E-state index contributed by atoms with van der Waals surface area (Å²) < 4.78 is 0. The Kier molecular flexibility index (Phi) is 4.43. The average Bonchev–Trinajstić information content (AvgIpc) is 2.41. The van der Waals surface area contributed by atoms with Crippen molar-refractivity contribution in [2.75, 3.05) is 39.1 Å². The van der Waals surface area contributed by atoms with Crippen molar-refractivity contribution >= 4 is 11.6 Å². The van der Waals surface area contributed by atoms with Crippen molar-refractivity contribution in [1.29, 1.82) is 0 Å². The highest BCUT2D eigenvalue weighted by Gasteiger charge is 2.20. The normalized spacial score (nSPS) is 17.2. The molecule has 0 atom stereocenters. The maximum atomic E-state index is 12.4.